The summed E-state index contributed by atoms with van der Waals surface area (Å²) in [5.74, 6) is 1.71. The highest BCUT2D eigenvalue weighted by molar-refractivity contribution is 5.66. The Morgan fingerprint density at radius 1 is 1.33 bits per heavy atom. The molecule has 0 heterocycles. The van der Waals surface area contributed by atoms with Crippen molar-refractivity contribution in [3.8, 4) is 5.75 Å². The standard InChI is InChI=1S/C25H37NO4/c1-16-12-22-21(11-10-18(3)25(22,28)13-24(16)30-19(4)27)17(2)14-26-15-20-8-6-7-9-23(20)29-5/h6-9,12,17-18,21-22,24,26,28H,10-11,13-15H2,1-5H3/t17-,18-,21+,22-,24-,25-/m1/s1. The van der Waals surface area contributed by atoms with Gasteiger partial charge in [-0.15, -0.1) is 0 Å². The van der Waals surface area contributed by atoms with Gasteiger partial charge in [0.25, 0.3) is 0 Å². The third-order valence-corrected chi connectivity index (χ3v) is 7.30. The Labute approximate surface area is 180 Å². The van der Waals surface area contributed by atoms with Crippen LogP contribution in [-0.4, -0.2) is 36.4 Å². The van der Waals surface area contributed by atoms with Crippen molar-refractivity contribution < 1.29 is 19.4 Å². The van der Waals surface area contributed by atoms with Crippen LogP contribution in [0.3, 0.4) is 0 Å². The van der Waals surface area contributed by atoms with E-state index >= 15 is 0 Å². The van der Waals surface area contributed by atoms with Gasteiger partial charge < -0.3 is 19.9 Å². The van der Waals surface area contributed by atoms with Crippen LogP contribution < -0.4 is 10.1 Å². The minimum absolute atomic E-state index is 0.0936. The monoisotopic (exact) mass is 415 g/mol. The second-order valence-corrected chi connectivity index (χ2v) is 9.29. The number of hydrogen-bond donors (Lipinski definition) is 2. The van der Waals surface area contributed by atoms with E-state index in [-0.39, 0.29) is 23.9 Å². The number of esters is 1. The number of benzene rings is 1. The number of hydrogen-bond acceptors (Lipinski definition) is 5. The van der Waals surface area contributed by atoms with E-state index in [9.17, 15) is 9.90 Å². The van der Waals surface area contributed by atoms with Crippen LogP contribution in [0.25, 0.3) is 0 Å². The number of fused-ring (bicyclic) bond motifs is 1. The average Bonchev–Trinajstić information content (AvgIpc) is 2.70. The fourth-order valence-corrected chi connectivity index (χ4v) is 5.43. The average molecular weight is 416 g/mol. The fraction of sp³-hybridized carbons (Fsp3) is 0.640. The topological polar surface area (TPSA) is 67.8 Å². The van der Waals surface area contributed by atoms with Crippen LogP contribution in [0.4, 0.5) is 0 Å². The molecule has 5 heteroatoms. The van der Waals surface area contributed by atoms with Crippen molar-refractivity contribution in [1.29, 1.82) is 0 Å². The first-order valence-electron chi connectivity index (χ1n) is 11.2. The van der Waals surface area contributed by atoms with E-state index < -0.39 is 5.60 Å². The minimum atomic E-state index is -0.820. The molecule has 3 rings (SSSR count). The highest BCUT2D eigenvalue weighted by atomic mass is 16.5. The Balaban J connectivity index is 1.69. The number of methoxy groups -OCH3 is 1. The molecule has 0 radical (unpaired) electrons. The van der Waals surface area contributed by atoms with E-state index in [0.717, 1.165) is 42.8 Å². The van der Waals surface area contributed by atoms with Gasteiger partial charge in [-0.3, -0.25) is 4.79 Å². The van der Waals surface area contributed by atoms with Crippen LogP contribution in [0.2, 0.25) is 0 Å². The maximum absolute atomic E-state index is 11.7. The summed E-state index contributed by atoms with van der Waals surface area (Å²) in [5.41, 5.74) is 1.39. The summed E-state index contributed by atoms with van der Waals surface area (Å²) in [6.07, 6.45) is 4.47. The van der Waals surface area contributed by atoms with Gasteiger partial charge in [0.05, 0.1) is 12.7 Å². The predicted molar refractivity (Wildman–Crippen MR) is 118 cm³/mol. The van der Waals surface area contributed by atoms with Crippen LogP contribution in [-0.2, 0) is 16.1 Å². The van der Waals surface area contributed by atoms with Crippen LogP contribution in [0, 0.1) is 23.7 Å². The molecular weight excluding hydrogens is 378 g/mol. The molecule has 0 bridgehead atoms. The lowest BCUT2D eigenvalue weighted by Crippen LogP contribution is -2.56. The summed E-state index contributed by atoms with van der Waals surface area (Å²) in [7, 11) is 1.70. The van der Waals surface area contributed by atoms with Crippen LogP contribution >= 0.6 is 0 Å². The zero-order valence-corrected chi connectivity index (χ0v) is 19.0. The van der Waals surface area contributed by atoms with E-state index in [2.05, 4.69) is 31.3 Å². The Morgan fingerprint density at radius 3 is 2.77 bits per heavy atom. The Kier molecular flexibility index (Phi) is 7.25. The van der Waals surface area contributed by atoms with Crippen molar-refractivity contribution in [2.24, 2.45) is 23.7 Å². The quantitative estimate of drug-likeness (QED) is 0.518. The predicted octanol–water partition coefficient (Wildman–Crippen LogP) is 4.10. The first-order valence-corrected chi connectivity index (χ1v) is 11.2. The van der Waals surface area contributed by atoms with E-state index in [1.165, 1.54) is 6.92 Å². The number of carbonyl (C=O) groups excluding carboxylic acids is 1. The van der Waals surface area contributed by atoms with Gasteiger partial charge in [0.2, 0.25) is 0 Å². The van der Waals surface area contributed by atoms with Crippen molar-refractivity contribution in [3.05, 3.63) is 41.5 Å². The van der Waals surface area contributed by atoms with Crippen molar-refractivity contribution in [1.82, 2.24) is 5.32 Å². The van der Waals surface area contributed by atoms with Gasteiger partial charge >= 0.3 is 5.97 Å². The maximum Gasteiger partial charge on any atom is 0.303 e. The number of rotatable bonds is 7. The molecule has 0 amide bonds. The first-order chi connectivity index (χ1) is 14.3. The summed E-state index contributed by atoms with van der Waals surface area (Å²) in [4.78, 5) is 11.5. The van der Waals surface area contributed by atoms with Gasteiger partial charge in [0, 0.05) is 31.4 Å². The van der Waals surface area contributed by atoms with Crippen molar-refractivity contribution in [3.63, 3.8) is 0 Å². The third-order valence-electron chi connectivity index (χ3n) is 7.30. The van der Waals surface area contributed by atoms with Crippen molar-refractivity contribution in [2.75, 3.05) is 13.7 Å². The molecule has 1 saturated carbocycles. The molecule has 2 aliphatic rings. The summed E-state index contributed by atoms with van der Waals surface area (Å²) in [6, 6.07) is 8.08. The number of aliphatic hydroxyl groups is 1. The second-order valence-electron chi connectivity index (χ2n) is 9.29. The summed E-state index contributed by atoms with van der Waals surface area (Å²) < 4.78 is 11.0. The summed E-state index contributed by atoms with van der Waals surface area (Å²) >= 11 is 0. The lowest BCUT2D eigenvalue weighted by Gasteiger charge is -2.53. The van der Waals surface area contributed by atoms with E-state index in [4.69, 9.17) is 9.47 Å². The minimum Gasteiger partial charge on any atom is -0.496 e. The Morgan fingerprint density at radius 2 is 2.07 bits per heavy atom. The molecule has 5 nitrogen and oxygen atoms in total. The van der Waals surface area contributed by atoms with Crippen molar-refractivity contribution in [2.45, 2.75) is 65.2 Å². The van der Waals surface area contributed by atoms with Gasteiger partial charge in [0.15, 0.2) is 0 Å². The van der Waals surface area contributed by atoms with Crippen LogP contribution in [0.5, 0.6) is 5.75 Å². The molecule has 2 N–H and O–H groups in total. The molecular formula is C25H37NO4. The van der Waals surface area contributed by atoms with Gasteiger partial charge in [-0.05, 0) is 55.7 Å². The number of nitrogens with one attached hydrogen (secondary N) is 1. The molecule has 1 aromatic rings. The molecule has 0 aliphatic heterocycles. The van der Waals surface area contributed by atoms with Crippen LogP contribution in [0.15, 0.2) is 35.9 Å². The van der Waals surface area contributed by atoms with Gasteiger partial charge in [-0.25, -0.2) is 0 Å². The zero-order valence-electron chi connectivity index (χ0n) is 19.0. The maximum atomic E-state index is 11.7. The smallest absolute Gasteiger partial charge is 0.303 e. The van der Waals surface area contributed by atoms with E-state index in [0.29, 0.717) is 18.3 Å². The second kappa shape index (κ2) is 9.52. The van der Waals surface area contributed by atoms with Crippen LogP contribution in [0.1, 0.15) is 52.5 Å². The van der Waals surface area contributed by atoms with Gasteiger partial charge in [-0.1, -0.05) is 38.1 Å². The summed E-state index contributed by atoms with van der Waals surface area (Å²) in [6.45, 7) is 9.50. The van der Waals surface area contributed by atoms with E-state index in [1.807, 2.05) is 25.1 Å². The normalized spacial score (nSPS) is 32.0. The Hall–Kier alpha value is -1.85. The number of para-hydroxylation sites is 1. The molecule has 2 aliphatic carbocycles. The van der Waals surface area contributed by atoms with E-state index in [1.54, 1.807) is 7.11 Å². The highest BCUT2D eigenvalue weighted by Crippen LogP contribution is 2.51. The largest absolute Gasteiger partial charge is 0.496 e. The van der Waals surface area contributed by atoms with Gasteiger partial charge in [-0.2, -0.15) is 0 Å². The van der Waals surface area contributed by atoms with Gasteiger partial charge in [0.1, 0.15) is 11.9 Å². The molecule has 1 fully saturated rings. The SMILES string of the molecule is COc1ccccc1CNC[C@@H](C)[C@@H]1CC[C@@H](C)[C@]2(O)C[C@@H](OC(C)=O)C(C)=C[C@H]12. The molecule has 0 spiro atoms. The third kappa shape index (κ3) is 4.73. The highest BCUT2D eigenvalue weighted by Gasteiger charge is 2.52. The number of carbonyl (C=O) groups is 1. The number of ether oxygens (including phenoxy) is 2. The lowest BCUT2D eigenvalue weighted by molar-refractivity contribution is -0.159. The van der Waals surface area contributed by atoms with Crippen molar-refractivity contribution >= 4 is 5.97 Å². The molecule has 30 heavy (non-hydrogen) atoms. The molecule has 0 aromatic heterocycles. The molecule has 6 atom stereocenters. The lowest BCUT2D eigenvalue weighted by atomic mass is 9.57. The zero-order chi connectivity index (χ0) is 21.9. The first kappa shape index (κ1) is 22.8. The fourth-order valence-electron chi connectivity index (χ4n) is 5.43. The summed E-state index contributed by atoms with van der Waals surface area (Å²) in [5, 5.41) is 15.3. The Bertz CT molecular complexity index is 776. The molecule has 0 saturated heterocycles. The molecule has 0 unspecified atom stereocenters. The molecule has 166 valence electrons. The molecule has 1 aromatic carbocycles.